The summed E-state index contributed by atoms with van der Waals surface area (Å²) < 4.78 is 1.04. The minimum absolute atomic E-state index is 0.00495. The molecule has 2 unspecified atom stereocenters. The molecule has 1 aromatic carbocycles. The zero-order valence-corrected chi connectivity index (χ0v) is 13.6. The quantitative estimate of drug-likeness (QED) is 0.859. The first-order valence-electron chi connectivity index (χ1n) is 7.33. The van der Waals surface area contributed by atoms with Gasteiger partial charge in [-0.05, 0) is 30.5 Å². The lowest BCUT2D eigenvalue weighted by molar-refractivity contribution is -0.135. The Morgan fingerprint density at radius 1 is 1.35 bits per heavy atom. The highest BCUT2D eigenvalue weighted by Gasteiger charge is 2.29. The smallest absolute Gasteiger partial charge is 0.227 e. The van der Waals surface area contributed by atoms with Crippen LogP contribution in [0.25, 0.3) is 0 Å². The molecule has 2 atom stereocenters. The van der Waals surface area contributed by atoms with Gasteiger partial charge in [0.05, 0.1) is 5.92 Å². The second kappa shape index (κ2) is 7.23. The van der Waals surface area contributed by atoms with E-state index >= 15 is 0 Å². The Morgan fingerprint density at radius 3 is 2.85 bits per heavy atom. The lowest BCUT2D eigenvalue weighted by Gasteiger charge is -2.26. The summed E-state index contributed by atoms with van der Waals surface area (Å²) in [4.78, 5) is 14.4. The number of nitrogens with zero attached hydrogens (tertiary/aromatic N) is 1. The molecular weight excluding hydrogens is 316 g/mol. The Bertz CT molecular complexity index is 464. The van der Waals surface area contributed by atoms with E-state index in [0.29, 0.717) is 6.54 Å². The van der Waals surface area contributed by atoms with Gasteiger partial charge >= 0.3 is 0 Å². The van der Waals surface area contributed by atoms with Gasteiger partial charge in [-0.3, -0.25) is 4.79 Å². The van der Waals surface area contributed by atoms with Gasteiger partial charge in [-0.2, -0.15) is 0 Å². The summed E-state index contributed by atoms with van der Waals surface area (Å²) in [5, 5.41) is 0. The van der Waals surface area contributed by atoms with Crippen molar-refractivity contribution in [3.63, 3.8) is 0 Å². The molecule has 0 aliphatic heterocycles. The van der Waals surface area contributed by atoms with Gasteiger partial charge in [0.25, 0.3) is 0 Å². The fourth-order valence-corrected chi connectivity index (χ4v) is 3.36. The van der Waals surface area contributed by atoms with Gasteiger partial charge in [-0.15, -0.1) is 0 Å². The largest absolute Gasteiger partial charge is 0.341 e. The second-order valence-corrected chi connectivity index (χ2v) is 6.65. The molecule has 0 bridgehead atoms. The molecule has 4 heteroatoms. The molecule has 1 amide bonds. The summed E-state index contributed by atoms with van der Waals surface area (Å²) in [6, 6.07) is 8.11. The maximum atomic E-state index is 12.6. The van der Waals surface area contributed by atoms with Crippen molar-refractivity contribution < 1.29 is 4.79 Å². The standard InChI is InChI=1S/C16H23BrN2O/c1-19(11-12-6-5-7-13(17)10-12)16(20)14-8-3-2-4-9-15(14)18/h5-7,10,14-15H,2-4,8-9,11,18H2,1H3. The van der Waals surface area contributed by atoms with Crippen LogP contribution in [0.4, 0.5) is 0 Å². The minimum Gasteiger partial charge on any atom is -0.341 e. The van der Waals surface area contributed by atoms with E-state index in [1.54, 1.807) is 0 Å². The van der Waals surface area contributed by atoms with E-state index in [0.717, 1.165) is 35.7 Å². The van der Waals surface area contributed by atoms with Crippen molar-refractivity contribution in [2.45, 2.75) is 44.7 Å². The van der Waals surface area contributed by atoms with Crippen molar-refractivity contribution in [3.05, 3.63) is 34.3 Å². The number of halogens is 1. The molecular formula is C16H23BrN2O. The number of hydrogen-bond acceptors (Lipinski definition) is 2. The van der Waals surface area contributed by atoms with Gasteiger partial charge in [-0.25, -0.2) is 0 Å². The van der Waals surface area contributed by atoms with Crippen molar-refractivity contribution in [1.29, 1.82) is 0 Å². The molecule has 0 heterocycles. The van der Waals surface area contributed by atoms with Crippen LogP contribution >= 0.6 is 15.9 Å². The number of amides is 1. The third-order valence-corrected chi connectivity index (χ3v) is 4.56. The van der Waals surface area contributed by atoms with E-state index in [9.17, 15) is 4.79 Å². The van der Waals surface area contributed by atoms with Crippen molar-refractivity contribution in [3.8, 4) is 0 Å². The van der Waals surface area contributed by atoms with Crippen LogP contribution in [-0.4, -0.2) is 23.9 Å². The summed E-state index contributed by atoms with van der Waals surface area (Å²) in [6.45, 7) is 0.640. The lowest BCUT2D eigenvalue weighted by atomic mass is 9.94. The highest BCUT2D eigenvalue weighted by molar-refractivity contribution is 9.10. The van der Waals surface area contributed by atoms with E-state index in [4.69, 9.17) is 5.73 Å². The summed E-state index contributed by atoms with van der Waals surface area (Å²) >= 11 is 3.46. The number of nitrogens with two attached hydrogens (primary N) is 1. The average Bonchev–Trinajstić information content (AvgIpc) is 2.62. The van der Waals surface area contributed by atoms with Crippen LogP contribution in [0, 0.1) is 5.92 Å². The van der Waals surface area contributed by atoms with Gasteiger partial charge in [0.1, 0.15) is 0 Å². The van der Waals surface area contributed by atoms with E-state index in [-0.39, 0.29) is 17.9 Å². The topological polar surface area (TPSA) is 46.3 Å². The van der Waals surface area contributed by atoms with Crippen LogP contribution in [0.1, 0.15) is 37.7 Å². The summed E-state index contributed by atoms with van der Waals surface area (Å²) in [5.41, 5.74) is 7.32. The van der Waals surface area contributed by atoms with Crippen LogP contribution in [-0.2, 0) is 11.3 Å². The molecule has 1 aromatic rings. The molecule has 1 aliphatic carbocycles. The van der Waals surface area contributed by atoms with Gasteiger partial charge < -0.3 is 10.6 Å². The normalized spacial score (nSPS) is 23.1. The SMILES string of the molecule is CN(Cc1cccc(Br)c1)C(=O)C1CCCCCC1N. The Balaban J connectivity index is 2.00. The zero-order chi connectivity index (χ0) is 14.5. The minimum atomic E-state index is -0.00495. The summed E-state index contributed by atoms with van der Waals surface area (Å²) in [5.74, 6) is 0.189. The molecule has 2 rings (SSSR count). The van der Waals surface area contributed by atoms with Crippen molar-refractivity contribution >= 4 is 21.8 Å². The molecule has 110 valence electrons. The van der Waals surface area contributed by atoms with E-state index in [1.807, 2.05) is 30.1 Å². The molecule has 20 heavy (non-hydrogen) atoms. The van der Waals surface area contributed by atoms with Crippen molar-refractivity contribution in [2.24, 2.45) is 11.7 Å². The molecule has 0 saturated heterocycles. The van der Waals surface area contributed by atoms with Crippen LogP contribution in [0.2, 0.25) is 0 Å². The molecule has 1 fully saturated rings. The number of carbonyl (C=O) groups excluding carboxylic acids is 1. The maximum absolute atomic E-state index is 12.6. The first-order chi connectivity index (χ1) is 9.58. The summed E-state index contributed by atoms with van der Waals surface area (Å²) in [7, 11) is 1.88. The average molecular weight is 339 g/mol. The number of hydrogen-bond donors (Lipinski definition) is 1. The van der Waals surface area contributed by atoms with Gasteiger partial charge in [0.2, 0.25) is 5.91 Å². The molecule has 2 N–H and O–H groups in total. The van der Waals surface area contributed by atoms with E-state index < -0.39 is 0 Å². The fraction of sp³-hybridized carbons (Fsp3) is 0.562. The van der Waals surface area contributed by atoms with E-state index in [2.05, 4.69) is 22.0 Å². The molecule has 0 spiro atoms. The Labute approximate surface area is 129 Å². The molecule has 3 nitrogen and oxygen atoms in total. The number of carbonyl (C=O) groups is 1. The van der Waals surface area contributed by atoms with Crippen molar-refractivity contribution in [1.82, 2.24) is 4.90 Å². The van der Waals surface area contributed by atoms with Crippen molar-refractivity contribution in [2.75, 3.05) is 7.05 Å². The van der Waals surface area contributed by atoms with Crippen LogP contribution in [0.15, 0.2) is 28.7 Å². The molecule has 0 radical (unpaired) electrons. The second-order valence-electron chi connectivity index (χ2n) is 5.73. The Kier molecular flexibility index (Phi) is 5.61. The van der Waals surface area contributed by atoms with Gasteiger partial charge in [-0.1, -0.05) is 47.3 Å². The predicted octanol–water partition coefficient (Wildman–Crippen LogP) is 3.32. The van der Waals surface area contributed by atoms with E-state index in [1.165, 1.54) is 6.42 Å². The Morgan fingerprint density at radius 2 is 2.10 bits per heavy atom. The lowest BCUT2D eigenvalue weighted by Crippen LogP contribution is -2.41. The third kappa shape index (κ3) is 4.06. The number of benzene rings is 1. The molecule has 0 aromatic heterocycles. The summed E-state index contributed by atoms with van der Waals surface area (Å²) in [6.07, 6.45) is 5.38. The first-order valence-corrected chi connectivity index (χ1v) is 8.12. The van der Waals surface area contributed by atoms with Gasteiger partial charge in [0.15, 0.2) is 0 Å². The van der Waals surface area contributed by atoms with Gasteiger partial charge in [0, 0.05) is 24.1 Å². The predicted molar refractivity (Wildman–Crippen MR) is 85.2 cm³/mol. The zero-order valence-electron chi connectivity index (χ0n) is 12.0. The van der Waals surface area contributed by atoms with Crippen LogP contribution in [0.3, 0.4) is 0 Å². The van der Waals surface area contributed by atoms with Crippen LogP contribution in [0.5, 0.6) is 0 Å². The highest BCUT2D eigenvalue weighted by atomic mass is 79.9. The number of rotatable bonds is 3. The maximum Gasteiger partial charge on any atom is 0.227 e. The highest BCUT2D eigenvalue weighted by Crippen LogP contribution is 2.24. The third-order valence-electron chi connectivity index (χ3n) is 4.07. The van der Waals surface area contributed by atoms with Crippen LogP contribution < -0.4 is 5.73 Å². The fourth-order valence-electron chi connectivity index (χ4n) is 2.91. The molecule has 1 saturated carbocycles. The molecule has 1 aliphatic rings. The first kappa shape index (κ1) is 15.5. The monoisotopic (exact) mass is 338 g/mol. The Hall–Kier alpha value is -0.870.